The van der Waals surface area contributed by atoms with Crippen molar-refractivity contribution in [3.63, 3.8) is 0 Å². The first-order chi connectivity index (χ1) is 18.0. The number of aromatic nitrogens is 2. The van der Waals surface area contributed by atoms with Crippen LogP contribution in [0.5, 0.6) is 0 Å². The molecule has 182 valence electrons. The molecule has 8 nitrogen and oxygen atoms in total. The fourth-order valence-corrected chi connectivity index (χ4v) is 3.68. The molecule has 0 aliphatic carbocycles. The second kappa shape index (κ2) is 10.2. The molecule has 5 rings (SSSR count). The highest BCUT2D eigenvalue weighted by Crippen LogP contribution is 2.30. The summed E-state index contributed by atoms with van der Waals surface area (Å²) in [4.78, 5) is 32.5. The summed E-state index contributed by atoms with van der Waals surface area (Å²) in [6.07, 6.45) is 4.39. The number of allylic oxidation sites excluding steroid dienone is 1. The molecule has 1 amide bonds. The average Bonchev–Trinajstić information content (AvgIpc) is 3.42. The number of nitrogens with one attached hydrogen (secondary N) is 2. The molecule has 3 aromatic carbocycles. The Hall–Kier alpha value is -5.15. The lowest BCUT2D eigenvalue weighted by molar-refractivity contribution is 0.0706. The first-order valence-electron chi connectivity index (χ1n) is 11.1. The Bertz CT molecular complexity index is 1630. The fraction of sp³-hybridized carbons (Fsp3) is 0. The molecule has 9 heteroatoms. The summed E-state index contributed by atoms with van der Waals surface area (Å²) >= 11 is 0. The van der Waals surface area contributed by atoms with E-state index in [0.29, 0.717) is 28.6 Å². The van der Waals surface area contributed by atoms with Crippen LogP contribution in [0.1, 0.15) is 26.5 Å². The molecule has 2 heterocycles. The van der Waals surface area contributed by atoms with Gasteiger partial charge in [-0.25, -0.2) is 19.8 Å². The molecule has 0 fully saturated rings. The molecule has 0 bridgehead atoms. The zero-order chi connectivity index (χ0) is 25.8. The Kier molecular flexibility index (Phi) is 6.52. The van der Waals surface area contributed by atoms with Gasteiger partial charge >= 0.3 is 0 Å². The minimum atomic E-state index is -0.656. The number of rotatable bonds is 7. The van der Waals surface area contributed by atoms with Gasteiger partial charge in [-0.3, -0.25) is 14.8 Å². The van der Waals surface area contributed by atoms with Crippen LogP contribution in [-0.4, -0.2) is 26.9 Å². The van der Waals surface area contributed by atoms with Crippen LogP contribution in [-0.2, 0) is 0 Å². The number of ketones is 1. The van der Waals surface area contributed by atoms with E-state index in [1.54, 1.807) is 35.8 Å². The maximum absolute atomic E-state index is 13.3. The minimum Gasteiger partial charge on any atom is -0.457 e. The Morgan fingerprint density at radius 1 is 0.892 bits per heavy atom. The van der Waals surface area contributed by atoms with Crippen molar-refractivity contribution in [2.75, 3.05) is 5.32 Å². The molecule has 0 aliphatic heterocycles. The second-order valence-electron chi connectivity index (χ2n) is 8.00. The number of benzene rings is 3. The van der Waals surface area contributed by atoms with E-state index in [4.69, 9.17) is 9.62 Å². The van der Waals surface area contributed by atoms with Crippen LogP contribution in [0, 0.1) is 5.82 Å². The Labute approximate surface area is 210 Å². The smallest absolute Gasteiger partial charge is 0.274 e. The number of fused-ring (bicyclic) bond motifs is 1. The van der Waals surface area contributed by atoms with Crippen LogP contribution in [0.15, 0.2) is 95.7 Å². The lowest BCUT2D eigenvalue weighted by Crippen LogP contribution is -2.18. The summed E-state index contributed by atoms with van der Waals surface area (Å²) in [5, 5.41) is 12.6. The van der Waals surface area contributed by atoms with E-state index < -0.39 is 5.91 Å². The number of furan rings is 1. The van der Waals surface area contributed by atoms with Crippen molar-refractivity contribution in [1.82, 2.24) is 15.4 Å². The molecule has 5 aromatic rings. The number of amides is 1. The van der Waals surface area contributed by atoms with Gasteiger partial charge < -0.3 is 9.73 Å². The van der Waals surface area contributed by atoms with Gasteiger partial charge in [0.2, 0.25) is 0 Å². The molecule has 0 spiro atoms. The molecule has 37 heavy (non-hydrogen) atoms. The second-order valence-corrected chi connectivity index (χ2v) is 8.00. The monoisotopic (exact) mass is 494 g/mol. The normalized spacial score (nSPS) is 11.1. The van der Waals surface area contributed by atoms with Gasteiger partial charge in [-0.05, 0) is 78.9 Å². The van der Waals surface area contributed by atoms with Crippen LogP contribution < -0.4 is 10.8 Å². The van der Waals surface area contributed by atoms with Crippen LogP contribution in [0.25, 0.3) is 28.3 Å². The van der Waals surface area contributed by atoms with Crippen molar-refractivity contribution in [3.8, 4) is 11.3 Å². The van der Waals surface area contributed by atoms with E-state index in [1.165, 1.54) is 48.8 Å². The SMILES string of the molecule is O=C(C=Cc1ccc(-c2ccc3ncnc(Nc4ccc(F)cc4)c3c2)o1)c1ccc(C(=O)NO)cc1. The summed E-state index contributed by atoms with van der Waals surface area (Å²) in [6, 6.07) is 21.0. The first-order valence-corrected chi connectivity index (χ1v) is 11.1. The molecule has 3 N–H and O–H groups in total. The summed E-state index contributed by atoms with van der Waals surface area (Å²) in [7, 11) is 0. The molecule has 2 aromatic heterocycles. The Morgan fingerprint density at radius 3 is 2.41 bits per heavy atom. The number of nitrogens with zero attached hydrogens (tertiary/aromatic N) is 2. The molecule has 0 atom stereocenters. The predicted molar refractivity (Wildman–Crippen MR) is 136 cm³/mol. The van der Waals surface area contributed by atoms with Gasteiger partial charge in [-0.15, -0.1) is 0 Å². The zero-order valence-electron chi connectivity index (χ0n) is 19.2. The topological polar surface area (TPSA) is 117 Å². The van der Waals surface area contributed by atoms with E-state index in [1.807, 2.05) is 18.2 Å². The summed E-state index contributed by atoms with van der Waals surface area (Å²) in [5.41, 5.74) is 4.36. The van der Waals surface area contributed by atoms with Gasteiger partial charge in [0.05, 0.1) is 5.52 Å². The minimum absolute atomic E-state index is 0.232. The van der Waals surface area contributed by atoms with Crippen LogP contribution in [0.4, 0.5) is 15.9 Å². The van der Waals surface area contributed by atoms with E-state index in [-0.39, 0.29) is 17.2 Å². The van der Waals surface area contributed by atoms with E-state index in [0.717, 1.165) is 16.5 Å². The number of halogens is 1. The van der Waals surface area contributed by atoms with E-state index in [9.17, 15) is 14.0 Å². The van der Waals surface area contributed by atoms with Crippen molar-refractivity contribution < 1.29 is 23.6 Å². The van der Waals surface area contributed by atoms with Gasteiger partial charge in [0.25, 0.3) is 5.91 Å². The van der Waals surface area contributed by atoms with Crippen molar-refractivity contribution in [3.05, 3.63) is 114 Å². The third-order valence-corrected chi connectivity index (χ3v) is 5.59. The third kappa shape index (κ3) is 5.26. The maximum atomic E-state index is 13.3. The van der Waals surface area contributed by atoms with Crippen molar-refractivity contribution in [2.45, 2.75) is 0 Å². The average molecular weight is 494 g/mol. The number of carbonyl (C=O) groups is 2. The fourth-order valence-electron chi connectivity index (χ4n) is 3.68. The standard InChI is InChI=1S/C28H19FN4O4/c29-20-6-8-21(9-7-20)32-27-23-15-19(5-12-24(23)30-16-31-27)26-14-11-22(37-26)10-13-25(34)17-1-3-18(4-2-17)28(35)33-36/h1-16,36H,(H,33,35)(H,30,31,32). The van der Waals surface area contributed by atoms with Gasteiger partial charge in [0.1, 0.15) is 29.5 Å². The molecule has 0 unspecified atom stereocenters. The highest BCUT2D eigenvalue weighted by atomic mass is 19.1. The predicted octanol–water partition coefficient (Wildman–Crippen LogP) is 5.79. The van der Waals surface area contributed by atoms with Crippen LogP contribution in [0.2, 0.25) is 0 Å². The molecule has 0 aliphatic rings. The quantitative estimate of drug-likeness (QED) is 0.113. The molecule has 0 saturated carbocycles. The Morgan fingerprint density at radius 2 is 1.65 bits per heavy atom. The molecule has 0 radical (unpaired) electrons. The number of hydrogen-bond donors (Lipinski definition) is 3. The van der Waals surface area contributed by atoms with Crippen molar-refractivity contribution in [1.29, 1.82) is 0 Å². The summed E-state index contributed by atoms with van der Waals surface area (Å²) < 4.78 is 19.2. The van der Waals surface area contributed by atoms with E-state index >= 15 is 0 Å². The molecular formula is C28H19FN4O4. The number of carbonyl (C=O) groups excluding carboxylic acids is 2. The Balaban J connectivity index is 1.35. The van der Waals surface area contributed by atoms with Gasteiger partial charge in [0.15, 0.2) is 5.78 Å². The van der Waals surface area contributed by atoms with E-state index in [2.05, 4.69) is 15.3 Å². The van der Waals surface area contributed by atoms with Gasteiger partial charge in [-0.1, -0.05) is 12.1 Å². The summed E-state index contributed by atoms with van der Waals surface area (Å²) in [5.74, 6) is 0.385. The highest BCUT2D eigenvalue weighted by Gasteiger charge is 2.10. The number of anilines is 2. The molecule has 0 saturated heterocycles. The highest BCUT2D eigenvalue weighted by molar-refractivity contribution is 6.07. The van der Waals surface area contributed by atoms with Crippen LogP contribution in [0.3, 0.4) is 0 Å². The maximum Gasteiger partial charge on any atom is 0.274 e. The van der Waals surface area contributed by atoms with Crippen molar-refractivity contribution >= 4 is 40.2 Å². The van der Waals surface area contributed by atoms with Crippen molar-refractivity contribution in [2.24, 2.45) is 0 Å². The summed E-state index contributed by atoms with van der Waals surface area (Å²) in [6.45, 7) is 0. The lowest BCUT2D eigenvalue weighted by atomic mass is 10.1. The largest absolute Gasteiger partial charge is 0.457 e. The molecular weight excluding hydrogens is 475 g/mol. The lowest BCUT2D eigenvalue weighted by Gasteiger charge is -2.09. The number of hydrogen-bond acceptors (Lipinski definition) is 7. The van der Waals surface area contributed by atoms with Gasteiger partial charge in [-0.2, -0.15) is 0 Å². The zero-order valence-corrected chi connectivity index (χ0v) is 19.2. The van der Waals surface area contributed by atoms with Crippen LogP contribution >= 0.6 is 0 Å². The first kappa shape index (κ1) is 23.6. The number of hydroxylamine groups is 1. The third-order valence-electron chi connectivity index (χ3n) is 5.59. The van der Waals surface area contributed by atoms with Gasteiger partial charge in [0, 0.05) is 27.8 Å².